The molecule has 1 aromatic carbocycles. The van der Waals surface area contributed by atoms with E-state index >= 15 is 0 Å². The number of likely N-dealkylation sites (tertiary alicyclic amines) is 1. The molecule has 0 radical (unpaired) electrons. The lowest BCUT2D eigenvalue weighted by Gasteiger charge is -2.29. The number of carbonyl (C=O) groups is 1. The van der Waals surface area contributed by atoms with Crippen LogP contribution in [0, 0.1) is 6.92 Å². The first-order valence-electron chi connectivity index (χ1n) is 7.77. The molecule has 0 aliphatic carbocycles. The second-order valence-corrected chi connectivity index (χ2v) is 5.88. The quantitative estimate of drug-likeness (QED) is 0.908. The van der Waals surface area contributed by atoms with Crippen molar-refractivity contribution in [1.29, 1.82) is 0 Å². The van der Waals surface area contributed by atoms with Crippen LogP contribution in [0.5, 0.6) is 0 Å². The molecule has 1 saturated heterocycles. The zero-order chi connectivity index (χ0) is 16.2. The van der Waals surface area contributed by atoms with Gasteiger partial charge >= 0.3 is 6.03 Å². The highest BCUT2D eigenvalue weighted by molar-refractivity contribution is 5.89. The van der Waals surface area contributed by atoms with E-state index in [2.05, 4.69) is 32.8 Å². The number of nitrogens with one attached hydrogen (secondary N) is 2. The van der Waals surface area contributed by atoms with Crippen LogP contribution in [0.25, 0.3) is 11.5 Å². The average molecular weight is 315 g/mol. The third-order valence-corrected chi connectivity index (χ3v) is 3.97. The number of aromatic nitrogens is 2. The van der Waals surface area contributed by atoms with Gasteiger partial charge < -0.3 is 20.0 Å². The molecule has 0 atom stereocenters. The maximum atomic E-state index is 12.0. The zero-order valence-corrected chi connectivity index (χ0v) is 13.4. The number of carbonyl (C=O) groups excluding carboxylic acids is 1. The number of amides is 2. The van der Waals surface area contributed by atoms with Crippen molar-refractivity contribution in [3.63, 3.8) is 0 Å². The Bertz CT molecular complexity index is 659. The number of piperidine rings is 1. The molecule has 2 aromatic rings. The van der Waals surface area contributed by atoms with E-state index in [1.807, 2.05) is 24.3 Å². The molecule has 0 spiro atoms. The second kappa shape index (κ2) is 6.78. The molecule has 7 heteroatoms. The zero-order valence-electron chi connectivity index (χ0n) is 13.4. The van der Waals surface area contributed by atoms with E-state index in [4.69, 9.17) is 4.42 Å². The van der Waals surface area contributed by atoms with Gasteiger partial charge in [0.1, 0.15) is 0 Å². The average Bonchev–Trinajstić information content (AvgIpc) is 2.97. The summed E-state index contributed by atoms with van der Waals surface area (Å²) in [5.74, 6) is 1.00. The smallest absolute Gasteiger partial charge is 0.319 e. The van der Waals surface area contributed by atoms with Crippen LogP contribution in [0.1, 0.15) is 18.7 Å². The van der Waals surface area contributed by atoms with E-state index in [0.29, 0.717) is 11.8 Å². The van der Waals surface area contributed by atoms with Crippen molar-refractivity contribution in [1.82, 2.24) is 20.4 Å². The minimum Gasteiger partial charge on any atom is -0.421 e. The number of hydrogen-bond donors (Lipinski definition) is 2. The maximum Gasteiger partial charge on any atom is 0.319 e. The maximum absolute atomic E-state index is 12.0. The van der Waals surface area contributed by atoms with Crippen molar-refractivity contribution >= 4 is 11.7 Å². The van der Waals surface area contributed by atoms with Gasteiger partial charge in [0.05, 0.1) is 0 Å². The van der Waals surface area contributed by atoms with Crippen molar-refractivity contribution < 1.29 is 9.21 Å². The first-order valence-corrected chi connectivity index (χ1v) is 7.77. The van der Waals surface area contributed by atoms with E-state index in [1.54, 1.807) is 6.92 Å². The predicted octanol–water partition coefficient (Wildman–Crippen LogP) is 2.26. The summed E-state index contributed by atoms with van der Waals surface area (Å²) < 4.78 is 5.37. The SMILES string of the molecule is Cc1nnc(-c2ccc(NC(=O)NC3CCN(C)CC3)cc2)o1. The van der Waals surface area contributed by atoms with Crippen LogP contribution >= 0.6 is 0 Å². The number of anilines is 1. The fourth-order valence-electron chi connectivity index (χ4n) is 2.61. The van der Waals surface area contributed by atoms with Crippen molar-refractivity contribution in [3.05, 3.63) is 30.2 Å². The van der Waals surface area contributed by atoms with E-state index in [1.165, 1.54) is 0 Å². The minimum atomic E-state index is -0.166. The summed E-state index contributed by atoms with van der Waals surface area (Å²) in [4.78, 5) is 14.3. The lowest BCUT2D eigenvalue weighted by Crippen LogP contribution is -2.44. The van der Waals surface area contributed by atoms with Crippen LogP contribution < -0.4 is 10.6 Å². The molecule has 1 fully saturated rings. The number of nitrogens with zero attached hydrogens (tertiary/aromatic N) is 3. The topological polar surface area (TPSA) is 83.3 Å². The third-order valence-electron chi connectivity index (χ3n) is 3.97. The highest BCUT2D eigenvalue weighted by Crippen LogP contribution is 2.20. The normalized spacial score (nSPS) is 16.3. The van der Waals surface area contributed by atoms with Crippen LogP contribution in [0.4, 0.5) is 10.5 Å². The monoisotopic (exact) mass is 315 g/mol. The number of hydrogen-bond acceptors (Lipinski definition) is 5. The van der Waals surface area contributed by atoms with Crippen LogP contribution in [0.2, 0.25) is 0 Å². The fraction of sp³-hybridized carbons (Fsp3) is 0.438. The first kappa shape index (κ1) is 15.5. The summed E-state index contributed by atoms with van der Waals surface area (Å²) >= 11 is 0. The van der Waals surface area contributed by atoms with Crippen molar-refractivity contribution in [2.45, 2.75) is 25.8 Å². The van der Waals surface area contributed by atoms with Gasteiger partial charge in [-0.2, -0.15) is 0 Å². The second-order valence-electron chi connectivity index (χ2n) is 5.88. The van der Waals surface area contributed by atoms with Gasteiger partial charge in [0.2, 0.25) is 11.8 Å². The summed E-state index contributed by atoms with van der Waals surface area (Å²) in [7, 11) is 2.10. The number of benzene rings is 1. The molecule has 0 bridgehead atoms. The van der Waals surface area contributed by atoms with Crippen LogP contribution in [0.3, 0.4) is 0 Å². The van der Waals surface area contributed by atoms with Crippen molar-refractivity contribution in [3.8, 4) is 11.5 Å². The molecule has 0 saturated carbocycles. The van der Waals surface area contributed by atoms with Gasteiger partial charge in [-0.05, 0) is 57.2 Å². The first-order chi connectivity index (χ1) is 11.1. The van der Waals surface area contributed by atoms with Crippen molar-refractivity contribution in [2.24, 2.45) is 0 Å². The van der Waals surface area contributed by atoms with Gasteiger partial charge in [0, 0.05) is 24.2 Å². The van der Waals surface area contributed by atoms with Crippen LogP contribution in [-0.4, -0.2) is 47.3 Å². The van der Waals surface area contributed by atoms with E-state index in [0.717, 1.165) is 37.2 Å². The highest BCUT2D eigenvalue weighted by atomic mass is 16.4. The van der Waals surface area contributed by atoms with Crippen LogP contribution in [-0.2, 0) is 0 Å². The molecule has 3 rings (SSSR count). The van der Waals surface area contributed by atoms with Crippen molar-refractivity contribution in [2.75, 3.05) is 25.5 Å². The molecule has 122 valence electrons. The number of aryl methyl sites for hydroxylation is 1. The molecule has 1 aromatic heterocycles. The Morgan fingerprint density at radius 3 is 2.52 bits per heavy atom. The Morgan fingerprint density at radius 1 is 1.22 bits per heavy atom. The highest BCUT2D eigenvalue weighted by Gasteiger charge is 2.18. The Hall–Kier alpha value is -2.41. The Labute approximate surface area is 135 Å². The summed E-state index contributed by atoms with van der Waals surface area (Å²) in [6, 6.07) is 7.41. The molecule has 1 aliphatic heterocycles. The molecule has 1 aliphatic rings. The van der Waals surface area contributed by atoms with Gasteiger partial charge in [-0.25, -0.2) is 4.79 Å². The molecule has 23 heavy (non-hydrogen) atoms. The summed E-state index contributed by atoms with van der Waals surface area (Å²) in [5, 5.41) is 13.6. The largest absolute Gasteiger partial charge is 0.421 e. The third kappa shape index (κ3) is 4.07. The van der Waals surface area contributed by atoms with Gasteiger partial charge in [-0.15, -0.1) is 10.2 Å². The van der Waals surface area contributed by atoms with Gasteiger partial charge in [-0.3, -0.25) is 0 Å². The summed E-state index contributed by atoms with van der Waals surface area (Å²) in [6.07, 6.45) is 1.97. The van der Waals surface area contributed by atoms with Crippen LogP contribution in [0.15, 0.2) is 28.7 Å². The van der Waals surface area contributed by atoms with E-state index in [9.17, 15) is 4.79 Å². The van der Waals surface area contributed by atoms with Gasteiger partial charge in [0.15, 0.2) is 0 Å². The lowest BCUT2D eigenvalue weighted by molar-refractivity contribution is 0.221. The molecular weight excluding hydrogens is 294 g/mol. The van der Waals surface area contributed by atoms with E-state index < -0.39 is 0 Å². The lowest BCUT2D eigenvalue weighted by atomic mass is 10.1. The summed E-state index contributed by atoms with van der Waals surface area (Å²) in [5.41, 5.74) is 1.56. The molecule has 7 nitrogen and oxygen atoms in total. The predicted molar refractivity (Wildman–Crippen MR) is 87.1 cm³/mol. The molecule has 2 amide bonds. The number of rotatable bonds is 3. The molecule has 2 N–H and O–H groups in total. The Morgan fingerprint density at radius 2 is 1.91 bits per heavy atom. The Balaban J connectivity index is 1.54. The van der Waals surface area contributed by atoms with Gasteiger partial charge in [0.25, 0.3) is 0 Å². The fourth-order valence-corrected chi connectivity index (χ4v) is 2.61. The summed E-state index contributed by atoms with van der Waals surface area (Å²) in [6.45, 7) is 3.78. The van der Waals surface area contributed by atoms with Gasteiger partial charge in [-0.1, -0.05) is 0 Å². The van der Waals surface area contributed by atoms with E-state index in [-0.39, 0.29) is 12.1 Å². The minimum absolute atomic E-state index is 0.166. The molecule has 0 unspecified atom stereocenters. The Kier molecular flexibility index (Phi) is 4.57. The standard InChI is InChI=1S/C16H21N5O2/c1-11-19-20-15(23-11)12-3-5-13(6-4-12)17-16(22)18-14-7-9-21(2)10-8-14/h3-6,14H,7-10H2,1-2H3,(H2,17,18,22). The molecular formula is C16H21N5O2. The molecule has 2 heterocycles. The number of urea groups is 1.